The van der Waals surface area contributed by atoms with E-state index in [-0.39, 0.29) is 27.7 Å². The summed E-state index contributed by atoms with van der Waals surface area (Å²) in [6.07, 6.45) is 5.39. The zero-order chi connectivity index (χ0) is 24.0. The molecule has 1 aromatic rings. The van der Waals surface area contributed by atoms with Gasteiger partial charge in [-0.15, -0.1) is 23.5 Å². The number of aliphatic hydroxyl groups is 1. The van der Waals surface area contributed by atoms with Crippen LogP contribution in [0.15, 0.2) is 35.9 Å². The number of aryl methyl sites for hydroxylation is 1. The van der Waals surface area contributed by atoms with Crippen LogP contribution in [-0.2, 0) is 9.53 Å². The van der Waals surface area contributed by atoms with Gasteiger partial charge in [-0.25, -0.2) is 4.39 Å². The molecule has 2 aliphatic heterocycles. The largest absolute Gasteiger partial charge is 0.458 e. The van der Waals surface area contributed by atoms with E-state index in [1.165, 1.54) is 11.1 Å². The molecule has 4 rings (SSSR count). The molecular weight excluding hydrogens is 455 g/mol. The van der Waals surface area contributed by atoms with Crippen molar-refractivity contribution in [3.8, 4) is 0 Å². The molecule has 0 radical (unpaired) electrons. The Kier molecular flexibility index (Phi) is 6.85. The van der Waals surface area contributed by atoms with Gasteiger partial charge in [-0.05, 0) is 71.1 Å². The Morgan fingerprint density at radius 3 is 2.52 bits per heavy atom. The summed E-state index contributed by atoms with van der Waals surface area (Å²) in [5.41, 5.74) is 4.38. The van der Waals surface area contributed by atoms with E-state index in [4.69, 9.17) is 4.74 Å². The topological polar surface area (TPSA) is 46.5 Å². The number of cyclic esters (lactones) is 1. The number of esters is 1. The molecule has 1 aliphatic carbocycles. The van der Waals surface area contributed by atoms with Crippen molar-refractivity contribution in [3.05, 3.63) is 52.9 Å². The van der Waals surface area contributed by atoms with Crippen LogP contribution in [0.25, 0.3) is 5.57 Å². The summed E-state index contributed by atoms with van der Waals surface area (Å²) in [6.45, 7) is 11.1. The monoisotopic (exact) mass is 490 g/mol. The van der Waals surface area contributed by atoms with E-state index < -0.39 is 12.2 Å². The number of carbonyl (C=O) groups is 1. The third-order valence-electron chi connectivity index (χ3n) is 6.84. The second kappa shape index (κ2) is 9.09. The molecule has 33 heavy (non-hydrogen) atoms. The summed E-state index contributed by atoms with van der Waals surface area (Å²) in [4.78, 5) is 11.8. The first-order valence-electron chi connectivity index (χ1n) is 11.7. The van der Waals surface area contributed by atoms with Gasteiger partial charge in [-0.2, -0.15) is 0 Å². The van der Waals surface area contributed by atoms with Crippen molar-refractivity contribution < 1.29 is 19.0 Å². The van der Waals surface area contributed by atoms with Crippen molar-refractivity contribution in [2.75, 3.05) is 11.5 Å². The van der Waals surface area contributed by atoms with E-state index >= 15 is 0 Å². The fourth-order valence-electron chi connectivity index (χ4n) is 5.09. The van der Waals surface area contributed by atoms with Crippen LogP contribution in [0.4, 0.5) is 4.39 Å². The lowest BCUT2D eigenvalue weighted by atomic mass is 9.70. The van der Waals surface area contributed by atoms with E-state index in [1.54, 1.807) is 6.07 Å². The van der Waals surface area contributed by atoms with Crippen LogP contribution in [-0.4, -0.2) is 38.9 Å². The quantitative estimate of drug-likeness (QED) is 0.488. The van der Waals surface area contributed by atoms with Gasteiger partial charge in [0.2, 0.25) is 0 Å². The van der Waals surface area contributed by atoms with Crippen molar-refractivity contribution in [1.29, 1.82) is 0 Å². The number of carbonyl (C=O) groups excluding carboxylic acids is 1. The molecular formula is C27H35FO3S2. The molecule has 2 saturated heterocycles. The molecule has 2 atom stereocenters. The lowest BCUT2D eigenvalue weighted by molar-refractivity contribution is -0.156. The van der Waals surface area contributed by atoms with Gasteiger partial charge in [-0.3, -0.25) is 4.79 Å². The zero-order valence-corrected chi connectivity index (χ0v) is 21.9. The van der Waals surface area contributed by atoms with Crippen LogP contribution in [0.2, 0.25) is 0 Å². The van der Waals surface area contributed by atoms with Crippen molar-refractivity contribution in [3.63, 3.8) is 0 Å². The predicted octanol–water partition coefficient (Wildman–Crippen LogP) is 6.53. The van der Waals surface area contributed by atoms with Crippen LogP contribution in [0, 0.1) is 23.6 Å². The summed E-state index contributed by atoms with van der Waals surface area (Å²) >= 11 is 4.16. The number of halogens is 1. The number of hydrogen-bond acceptors (Lipinski definition) is 5. The fraction of sp³-hybridized carbons (Fsp3) is 0.593. The highest BCUT2D eigenvalue weighted by atomic mass is 32.2. The minimum Gasteiger partial charge on any atom is -0.458 e. The normalized spacial score (nSPS) is 28.9. The van der Waals surface area contributed by atoms with Crippen molar-refractivity contribution in [2.24, 2.45) is 10.8 Å². The van der Waals surface area contributed by atoms with Crippen LogP contribution in [0.1, 0.15) is 64.5 Å². The average Bonchev–Trinajstić information content (AvgIpc) is 2.70. The smallest absolute Gasteiger partial charge is 0.309 e. The summed E-state index contributed by atoms with van der Waals surface area (Å²) in [5, 5.41) is 10.00. The van der Waals surface area contributed by atoms with Gasteiger partial charge in [-0.1, -0.05) is 39.8 Å². The van der Waals surface area contributed by atoms with Gasteiger partial charge >= 0.3 is 5.97 Å². The van der Waals surface area contributed by atoms with Crippen LogP contribution in [0.3, 0.4) is 0 Å². The molecule has 1 N–H and O–H groups in total. The van der Waals surface area contributed by atoms with Gasteiger partial charge < -0.3 is 9.84 Å². The first-order valence-corrected chi connectivity index (χ1v) is 13.7. The maximum absolute atomic E-state index is 14.1. The molecule has 0 saturated carbocycles. The zero-order valence-electron chi connectivity index (χ0n) is 20.2. The van der Waals surface area contributed by atoms with E-state index in [9.17, 15) is 14.3 Å². The molecule has 1 aromatic carbocycles. The molecule has 3 nitrogen and oxygen atoms in total. The lowest BCUT2D eigenvalue weighted by Gasteiger charge is -2.50. The first kappa shape index (κ1) is 24.9. The van der Waals surface area contributed by atoms with E-state index in [0.717, 1.165) is 29.9 Å². The maximum Gasteiger partial charge on any atom is 0.309 e. The molecule has 0 amide bonds. The van der Waals surface area contributed by atoms with Crippen LogP contribution >= 0.6 is 23.5 Å². The Balaban J connectivity index is 1.75. The Hall–Kier alpha value is -1.24. The highest BCUT2D eigenvalue weighted by Gasteiger charge is 2.48. The molecule has 2 heterocycles. The van der Waals surface area contributed by atoms with Crippen molar-refractivity contribution in [2.45, 2.75) is 76.6 Å². The summed E-state index contributed by atoms with van der Waals surface area (Å²) in [5.74, 6) is 1.72. The van der Waals surface area contributed by atoms with E-state index in [1.807, 2.05) is 25.1 Å². The number of thioether (sulfide) groups is 2. The van der Waals surface area contributed by atoms with Gasteiger partial charge in [0, 0.05) is 17.9 Å². The number of hydrogen-bond donors (Lipinski definition) is 1. The molecule has 0 aromatic heterocycles. The van der Waals surface area contributed by atoms with Crippen molar-refractivity contribution >= 4 is 35.1 Å². The molecule has 0 bridgehead atoms. The average molecular weight is 491 g/mol. The number of allylic oxidation sites excluding steroid dienone is 3. The highest BCUT2D eigenvalue weighted by molar-refractivity contribution is 8.18. The first-order chi connectivity index (χ1) is 15.4. The standard InChI is InChI=1S/C27H35FO3S2/c1-17-10-18(6-9-23(17)28)21-13-27(32-15-25(2,3)16-33-27)14-26(4,5)22(21)8-7-20-11-19(29)12-24(30)31-20/h6-10,19-20,29H,11-16H2,1-5H3/b8-7+/t19-,20-/m0/s1. The summed E-state index contributed by atoms with van der Waals surface area (Å²) < 4.78 is 19.7. The van der Waals surface area contributed by atoms with E-state index in [0.29, 0.717) is 17.4 Å². The van der Waals surface area contributed by atoms with Gasteiger partial charge in [0.05, 0.1) is 16.6 Å². The maximum atomic E-state index is 14.1. The highest BCUT2D eigenvalue weighted by Crippen LogP contribution is 2.61. The molecule has 0 unspecified atom stereocenters. The summed E-state index contributed by atoms with van der Waals surface area (Å²) in [7, 11) is 0. The SMILES string of the molecule is Cc1cc(C2=C(/C=C/[C@H]3C[C@H](O)CC(=O)O3)C(C)(C)CC3(C2)SCC(C)(C)CS3)ccc1F. The molecule has 3 aliphatic rings. The number of benzene rings is 1. The fourth-order valence-corrected chi connectivity index (χ4v) is 8.84. The molecule has 6 heteroatoms. The number of rotatable bonds is 3. The Morgan fingerprint density at radius 1 is 1.18 bits per heavy atom. The number of ether oxygens (including phenoxy) is 1. The van der Waals surface area contributed by atoms with Crippen LogP contribution in [0.5, 0.6) is 0 Å². The Labute approximate surface area is 205 Å². The predicted molar refractivity (Wildman–Crippen MR) is 137 cm³/mol. The van der Waals surface area contributed by atoms with Gasteiger partial charge in [0.15, 0.2) is 0 Å². The van der Waals surface area contributed by atoms with Gasteiger partial charge in [0.25, 0.3) is 0 Å². The second-order valence-electron chi connectivity index (χ2n) is 11.2. The molecule has 1 spiro atoms. The van der Waals surface area contributed by atoms with Crippen LogP contribution < -0.4 is 0 Å². The summed E-state index contributed by atoms with van der Waals surface area (Å²) in [6, 6.07) is 5.42. The van der Waals surface area contributed by atoms with Crippen molar-refractivity contribution in [1.82, 2.24) is 0 Å². The molecule has 180 valence electrons. The number of aliphatic hydroxyl groups excluding tert-OH is 1. The minimum atomic E-state index is -0.657. The lowest BCUT2D eigenvalue weighted by Crippen LogP contribution is -2.41. The third-order valence-corrected chi connectivity index (χ3v) is 11.0. The minimum absolute atomic E-state index is 0.0615. The van der Waals surface area contributed by atoms with Gasteiger partial charge in [0.1, 0.15) is 11.9 Å². The van der Waals surface area contributed by atoms with E-state index in [2.05, 4.69) is 57.3 Å². The Bertz CT molecular complexity index is 985. The Morgan fingerprint density at radius 2 is 1.88 bits per heavy atom. The molecule has 2 fully saturated rings. The second-order valence-corrected chi connectivity index (χ2v) is 14.2. The third kappa shape index (κ3) is 5.54.